The van der Waals surface area contributed by atoms with Crippen molar-refractivity contribution in [2.75, 3.05) is 11.1 Å². The van der Waals surface area contributed by atoms with Crippen molar-refractivity contribution in [1.82, 2.24) is 35.2 Å². The Morgan fingerprint density at radius 1 is 0.966 bits per heavy atom. The Kier molecular flexibility index (Phi) is 5.61. The first kappa shape index (κ1) is 18.8. The Morgan fingerprint density at radius 2 is 1.76 bits per heavy atom. The number of rotatable bonds is 7. The van der Waals surface area contributed by atoms with Gasteiger partial charge in [0.2, 0.25) is 11.9 Å². The zero-order chi connectivity index (χ0) is 20.1. The van der Waals surface area contributed by atoms with Crippen LogP contribution >= 0.6 is 11.8 Å². The number of nitrogen functional groups attached to an aromatic ring is 1. The van der Waals surface area contributed by atoms with E-state index in [0.29, 0.717) is 23.3 Å². The summed E-state index contributed by atoms with van der Waals surface area (Å²) in [6.07, 6.45) is 0. The average Bonchev–Trinajstić information content (AvgIpc) is 3.19. The molecule has 2 heterocycles. The van der Waals surface area contributed by atoms with Gasteiger partial charge in [-0.3, -0.25) is 0 Å². The first-order valence-corrected chi connectivity index (χ1v) is 10.1. The highest BCUT2D eigenvalue weighted by Crippen LogP contribution is 2.20. The van der Waals surface area contributed by atoms with E-state index < -0.39 is 0 Å². The fraction of sp³-hybridized carbons (Fsp3) is 0.158. The topological polar surface area (TPSA) is 120 Å². The summed E-state index contributed by atoms with van der Waals surface area (Å²) in [6, 6.07) is 17.7. The van der Waals surface area contributed by atoms with Crippen LogP contribution in [-0.4, -0.2) is 35.2 Å². The van der Waals surface area contributed by atoms with Crippen LogP contribution in [0.5, 0.6) is 0 Å². The Labute approximate surface area is 171 Å². The van der Waals surface area contributed by atoms with Crippen molar-refractivity contribution in [3.05, 3.63) is 71.8 Å². The van der Waals surface area contributed by atoms with Gasteiger partial charge in [0.05, 0.1) is 17.2 Å². The fourth-order valence-corrected chi connectivity index (χ4v) is 3.47. The lowest BCUT2D eigenvalue weighted by atomic mass is 10.2. The molecule has 0 unspecified atom stereocenters. The van der Waals surface area contributed by atoms with Gasteiger partial charge < -0.3 is 11.1 Å². The molecule has 0 bridgehead atoms. The zero-order valence-electron chi connectivity index (χ0n) is 15.7. The molecule has 0 radical (unpaired) electrons. The highest BCUT2D eigenvalue weighted by Gasteiger charge is 2.10. The van der Waals surface area contributed by atoms with Gasteiger partial charge in [0.15, 0.2) is 5.82 Å². The smallest absolute Gasteiger partial charge is 0.232 e. The first-order chi connectivity index (χ1) is 14.2. The van der Waals surface area contributed by atoms with E-state index in [9.17, 15) is 0 Å². The van der Waals surface area contributed by atoms with E-state index in [0.717, 1.165) is 22.8 Å². The fourth-order valence-electron chi connectivity index (χ4n) is 2.69. The predicted octanol–water partition coefficient (Wildman–Crippen LogP) is 2.91. The van der Waals surface area contributed by atoms with Crippen LogP contribution in [0, 0.1) is 6.92 Å². The maximum Gasteiger partial charge on any atom is 0.232 e. The van der Waals surface area contributed by atoms with Crippen molar-refractivity contribution < 1.29 is 0 Å². The summed E-state index contributed by atoms with van der Waals surface area (Å²) in [5, 5.41) is 15.2. The van der Waals surface area contributed by atoms with Gasteiger partial charge in [0.25, 0.3) is 0 Å². The Morgan fingerprint density at radius 3 is 2.59 bits per heavy atom. The molecule has 0 aliphatic carbocycles. The van der Waals surface area contributed by atoms with Crippen LogP contribution in [0.25, 0.3) is 5.69 Å². The van der Waals surface area contributed by atoms with Crippen LogP contribution in [0.15, 0.2) is 54.6 Å². The molecule has 2 aromatic carbocycles. The molecule has 2 aromatic heterocycles. The van der Waals surface area contributed by atoms with Gasteiger partial charge in [0, 0.05) is 5.69 Å². The standard InChI is InChI=1S/C19H19N9S/c1-13-7-5-6-10-15(13)21-19-23-16(22-18(20)24-19)11-29-12-17-25-26-27-28(17)14-8-3-2-4-9-14/h2-10H,11-12H2,1H3,(H3,20,21,22,23,24). The number of thioether (sulfide) groups is 1. The van der Waals surface area contributed by atoms with E-state index in [1.807, 2.05) is 61.5 Å². The van der Waals surface area contributed by atoms with Gasteiger partial charge in [-0.1, -0.05) is 36.4 Å². The SMILES string of the molecule is Cc1ccccc1Nc1nc(N)nc(CSCc2nnnn2-c2ccccc2)n1. The molecule has 10 heteroatoms. The quantitative estimate of drug-likeness (QED) is 0.478. The summed E-state index contributed by atoms with van der Waals surface area (Å²) in [5.74, 6) is 3.11. The van der Waals surface area contributed by atoms with Crippen molar-refractivity contribution in [1.29, 1.82) is 0 Å². The van der Waals surface area contributed by atoms with Crippen LogP contribution < -0.4 is 11.1 Å². The summed E-state index contributed by atoms with van der Waals surface area (Å²) < 4.78 is 1.72. The lowest BCUT2D eigenvalue weighted by Crippen LogP contribution is -2.07. The summed E-state index contributed by atoms with van der Waals surface area (Å²) in [7, 11) is 0. The third-order valence-electron chi connectivity index (χ3n) is 4.09. The number of nitrogens with zero attached hydrogens (tertiary/aromatic N) is 7. The minimum absolute atomic E-state index is 0.181. The highest BCUT2D eigenvalue weighted by molar-refractivity contribution is 7.97. The summed E-state index contributed by atoms with van der Waals surface area (Å²) in [4.78, 5) is 12.9. The molecule has 4 aromatic rings. The Balaban J connectivity index is 1.43. The number of hydrogen-bond donors (Lipinski definition) is 2. The lowest BCUT2D eigenvalue weighted by Gasteiger charge is -2.09. The maximum atomic E-state index is 5.87. The number of nitrogens with one attached hydrogen (secondary N) is 1. The van der Waals surface area contributed by atoms with E-state index in [2.05, 4.69) is 35.8 Å². The van der Waals surface area contributed by atoms with E-state index >= 15 is 0 Å². The molecule has 0 saturated heterocycles. The number of hydrogen-bond acceptors (Lipinski definition) is 9. The third-order valence-corrected chi connectivity index (χ3v) is 5.01. The van der Waals surface area contributed by atoms with Crippen molar-refractivity contribution in [2.45, 2.75) is 18.4 Å². The number of nitrogens with two attached hydrogens (primary N) is 1. The lowest BCUT2D eigenvalue weighted by molar-refractivity contribution is 0.777. The molecule has 0 spiro atoms. The van der Waals surface area contributed by atoms with Gasteiger partial charge in [-0.25, -0.2) is 0 Å². The minimum atomic E-state index is 0.181. The van der Waals surface area contributed by atoms with E-state index in [-0.39, 0.29) is 5.95 Å². The number of tetrazole rings is 1. The summed E-state index contributed by atoms with van der Waals surface area (Å²) in [6.45, 7) is 2.01. The number of aromatic nitrogens is 7. The molecule has 29 heavy (non-hydrogen) atoms. The normalized spacial score (nSPS) is 10.8. The predicted molar refractivity (Wildman–Crippen MR) is 113 cm³/mol. The monoisotopic (exact) mass is 405 g/mol. The molecule has 3 N–H and O–H groups in total. The van der Waals surface area contributed by atoms with Crippen LogP contribution in [0.2, 0.25) is 0 Å². The molecule has 0 aliphatic rings. The van der Waals surface area contributed by atoms with E-state index in [1.165, 1.54) is 0 Å². The van der Waals surface area contributed by atoms with Gasteiger partial charge >= 0.3 is 0 Å². The second-order valence-electron chi connectivity index (χ2n) is 6.21. The third kappa shape index (κ3) is 4.66. The van der Waals surface area contributed by atoms with Gasteiger partial charge in [-0.05, 0) is 41.1 Å². The largest absolute Gasteiger partial charge is 0.368 e. The first-order valence-electron chi connectivity index (χ1n) is 8.92. The van der Waals surface area contributed by atoms with E-state index in [4.69, 9.17) is 5.73 Å². The van der Waals surface area contributed by atoms with Crippen LogP contribution in [0.1, 0.15) is 17.2 Å². The number of aryl methyl sites for hydroxylation is 1. The Bertz CT molecular complexity index is 1100. The van der Waals surface area contributed by atoms with Gasteiger partial charge in [-0.2, -0.15) is 19.6 Å². The van der Waals surface area contributed by atoms with Crippen molar-refractivity contribution in [2.24, 2.45) is 0 Å². The average molecular weight is 405 g/mol. The molecule has 0 atom stereocenters. The minimum Gasteiger partial charge on any atom is -0.368 e. The molecule has 9 nitrogen and oxygen atoms in total. The van der Waals surface area contributed by atoms with Crippen LogP contribution in [-0.2, 0) is 11.5 Å². The Hall–Kier alpha value is -3.53. The molecule has 146 valence electrons. The summed E-state index contributed by atoms with van der Waals surface area (Å²) in [5.41, 5.74) is 8.81. The molecular weight excluding hydrogens is 386 g/mol. The van der Waals surface area contributed by atoms with Crippen molar-refractivity contribution >= 4 is 29.3 Å². The molecule has 0 aliphatic heterocycles. The molecule has 0 saturated carbocycles. The van der Waals surface area contributed by atoms with E-state index in [1.54, 1.807) is 16.4 Å². The highest BCUT2D eigenvalue weighted by atomic mass is 32.2. The zero-order valence-corrected chi connectivity index (χ0v) is 16.5. The molecule has 0 fully saturated rings. The second kappa shape index (κ2) is 8.65. The van der Waals surface area contributed by atoms with Crippen molar-refractivity contribution in [3.63, 3.8) is 0 Å². The van der Waals surface area contributed by atoms with Crippen LogP contribution in [0.4, 0.5) is 17.6 Å². The number of anilines is 3. The van der Waals surface area contributed by atoms with Crippen molar-refractivity contribution in [3.8, 4) is 5.69 Å². The molecular formula is C19H19N9S. The second-order valence-corrected chi connectivity index (χ2v) is 7.19. The molecule has 0 amide bonds. The number of benzene rings is 2. The molecule has 4 rings (SSSR count). The summed E-state index contributed by atoms with van der Waals surface area (Å²) >= 11 is 1.60. The number of para-hydroxylation sites is 2. The van der Waals surface area contributed by atoms with Gasteiger partial charge in [0.1, 0.15) is 5.82 Å². The van der Waals surface area contributed by atoms with Gasteiger partial charge in [-0.15, -0.1) is 16.9 Å². The van der Waals surface area contributed by atoms with Crippen LogP contribution in [0.3, 0.4) is 0 Å². The maximum absolute atomic E-state index is 5.87.